The van der Waals surface area contributed by atoms with Gasteiger partial charge in [-0.1, -0.05) is 38.3 Å². The molecule has 1 aromatic rings. The lowest BCUT2D eigenvalue weighted by molar-refractivity contribution is 0.0494. The van der Waals surface area contributed by atoms with Crippen LogP contribution in [0.1, 0.15) is 32.6 Å². The molecule has 0 amide bonds. The molecule has 5 nitrogen and oxygen atoms in total. The highest BCUT2D eigenvalue weighted by Gasteiger charge is 2.10. The SMILES string of the molecule is CCCCCCNOC(=O)Oc1ccccc1OC. The molecule has 0 unspecified atom stereocenters. The van der Waals surface area contributed by atoms with Gasteiger partial charge in [-0.05, 0) is 18.6 Å². The van der Waals surface area contributed by atoms with E-state index in [0.29, 0.717) is 18.0 Å². The second kappa shape index (κ2) is 9.22. The fourth-order valence-corrected chi connectivity index (χ4v) is 1.55. The largest absolute Gasteiger partial charge is 0.533 e. The molecule has 106 valence electrons. The summed E-state index contributed by atoms with van der Waals surface area (Å²) < 4.78 is 10.1. The van der Waals surface area contributed by atoms with Gasteiger partial charge in [0.1, 0.15) is 0 Å². The maximum Gasteiger partial charge on any atom is 0.533 e. The monoisotopic (exact) mass is 267 g/mol. The van der Waals surface area contributed by atoms with Crippen molar-refractivity contribution in [3.8, 4) is 11.5 Å². The van der Waals surface area contributed by atoms with Crippen molar-refractivity contribution in [1.29, 1.82) is 0 Å². The van der Waals surface area contributed by atoms with Gasteiger partial charge in [-0.2, -0.15) is 0 Å². The molecule has 0 aliphatic heterocycles. The van der Waals surface area contributed by atoms with Crippen molar-refractivity contribution < 1.29 is 19.1 Å². The lowest BCUT2D eigenvalue weighted by Gasteiger charge is -2.09. The van der Waals surface area contributed by atoms with Crippen molar-refractivity contribution in [3.05, 3.63) is 24.3 Å². The van der Waals surface area contributed by atoms with Gasteiger partial charge in [0.15, 0.2) is 11.5 Å². The van der Waals surface area contributed by atoms with E-state index in [0.717, 1.165) is 12.8 Å². The molecule has 19 heavy (non-hydrogen) atoms. The quantitative estimate of drug-likeness (QED) is 0.339. The highest BCUT2D eigenvalue weighted by Crippen LogP contribution is 2.25. The molecule has 0 spiro atoms. The third-order valence-electron chi connectivity index (χ3n) is 2.55. The molecule has 1 N–H and O–H groups in total. The molecule has 0 heterocycles. The summed E-state index contributed by atoms with van der Waals surface area (Å²) in [7, 11) is 1.51. The minimum Gasteiger partial charge on any atom is -0.493 e. The second-order valence-corrected chi connectivity index (χ2v) is 4.06. The number of benzene rings is 1. The van der Waals surface area contributed by atoms with Gasteiger partial charge in [0.2, 0.25) is 0 Å². The predicted octanol–water partition coefficient (Wildman–Crippen LogP) is 3.30. The van der Waals surface area contributed by atoms with E-state index in [-0.39, 0.29) is 0 Å². The summed E-state index contributed by atoms with van der Waals surface area (Å²) in [6.07, 6.45) is 3.66. The Morgan fingerprint density at radius 1 is 1.16 bits per heavy atom. The third kappa shape index (κ3) is 6.10. The Balaban J connectivity index is 2.23. The molecule has 0 saturated heterocycles. The second-order valence-electron chi connectivity index (χ2n) is 4.06. The molecular formula is C14H21NO4. The summed E-state index contributed by atoms with van der Waals surface area (Å²) in [6.45, 7) is 2.77. The Labute approximate surface area is 113 Å². The van der Waals surface area contributed by atoms with Crippen LogP contribution in [-0.4, -0.2) is 19.8 Å². The fraction of sp³-hybridized carbons (Fsp3) is 0.500. The Morgan fingerprint density at radius 3 is 2.58 bits per heavy atom. The van der Waals surface area contributed by atoms with Crippen LogP contribution in [0.3, 0.4) is 0 Å². The number of hydrogen-bond donors (Lipinski definition) is 1. The van der Waals surface area contributed by atoms with Crippen LogP contribution in [0.5, 0.6) is 11.5 Å². The number of hydrogen-bond acceptors (Lipinski definition) is 5. The van der Waals surface area contributed by atoms with E-state index in [2.05, 4.69) is 12.4 Å². The number of carbonyl (C=O) groups is 1. The standard InChI is InChI=1S/C14H21NO4/c1-3-4-5-8-11-15-19-14(16)18-13-10-7-6-9-12(13)17-2/h6-7,9-10,15H,3-5,8,11H2,1-2H3. The number of nitrogens with one attached hydrogen (secondary N) is 1. The van der Waals surface area contributed by atoms with Crippen LogP contribution >= 0.6 is 0 Å². The number of carbonyl (C=O) groups excluding carboxylic acids is 1. The zero-order valence-electron chi connectivity index (χ0n) is 11.5. The summed E-state index contributed by atoms with van der Waals surface area (Å²) in [5.74, 6) is 0.824. The van der Waals surface area contributed by atoms with E-state index in [1.807, 2.05) is 0 Å². The Kier molecular flexibility index (Phi) is 7.43. The van der Waals surface area contributed by atoms with E-state index in [9.17, 15) is 4.79 Å². The fourth-order valence-electron chi connectivity index (χ4n) is 1.55. The van der Waals surface area contributed by atoms with Crippen molar-refractivity contribution in [3.63, 3.8) is 0 Å². The normalized spacial score (nSPS) is 10.0. The van der Waals surface area contributed by atoms with Crippen LogP contribution in [0.25, 0.3) is 0 Å². The molecule has 0 radical (unpaired) electrons. The first-order chi connectivity index (χ1) is 9.27. The van der Waals surface area contributed by atoms with Gasteiger partial charge in [0, 0.05) is 6.54 Å². The van der Waals surface area contributed by atoms with Crippen LogP contribution in [0.15, 0.2) is 24.3 Å². The number of hydroxylamine groups is 1. The summed E-state index contributed by atoms with van der Waals surface area (Å²) >= 11 is 0. The van der Waals surface area contributed by atoms with E-state index < -0.39 is 6.16 Å². The first-order valence-corrected chi connectivity index (χ1v) is 6.52. The van der Waals surface area contributed by atoms with Crippen LogP contribution in [0.4, 0.5) is 4.79 Å². The van der Waals surface area contributed by atoms with Gasteiger partial charge in [0.25, 0.3) is 0 Å². The average molecular weight is 267 g/mol. The summed E-state index contributed by atoms with van der Waals surface area (Å²) in [4.78, 5) is 16.2. The van der Waals surface area contributed by atoms with Gasteiger partial charge in [0.05, 0.1) is 7.11 Å². The van der Waals surface area contributed by atoms with Gasteiger partial charge in [-0.3, -0.25) is 0 Å². The molecular weight excluding hydrogens is 246 g/mol. The first-order valence-electron chi connectivity index (χ1n) is 6.52. The van der Waals surface area contributed by atoms with E-state index in [1.165, 1.54) is 20.0 Å². The zero-order valence-corrected chi connectivity index (χ0v) is 11.5. The number of rotatable bonds is 8. The van der Waals surface area contributed by atoms with Crippen molar-refractivity contribution in [2.75, 3.05) is 13.7 Å². The van der Waals surface area contributed by atoms with Crippen molar-refractivity contribution in [2.45, 2.75) is 32.6 Å². The van der Waals surface area contributed by atoms with Crippen LogP contribution < -0.4 is 15.0 Å². The van der Waals surface area contributed by atoms with Gasteiger partial charge >= 0.3 is 6.16 Å². The number of unbranched alkanes of at least 4 members (excludes halogenated alkanes) is 3. The Hall–Kier alpha value is -1.75. The molecule has 1 aromatic carbocycles. The van der Waals surface area contributed by atoms with Crippen molar-refractivity contribution >= 4 is 6.16 Å². The Morgan fingerprint density at radius 2 is 1.89 bits per heavy atom. The lowest BCUT2D eigenvalue weighted by atomic mass is 10.2. The molecule has 5 heteroatoms. The highest BCUT2D eigenvalue weighted by atomic mass is 16.8. The molecule has 0 saturated carbocycles. The van der Waals surface area contributed by atoms with Gasteiger partial charge < -0.3 is 14.3 Å². The van der Waals surface area contributed by atoms with Gasteiger partial charge in [-0.15, -0.1) is 5.48 Å². The average Bonchev–Trinajstić information content (AvgIpc) is 2.43. The third-order valence-corrected chi connectivity index (χ3v) is 2.55. The summed E-state index contributed by atoms with van der Waals surface area (Å²) in [6, 6.07) is 6.90. The van der Waals surface area contributed by atoms with Crippen molar-refractivity contribution in [1.82, 2.24) is 5.48 Å². The maximum atomic E-state index is 11.4. The minimum absolute atomic E-state index is 0.336. The summed E-state index contributed by atoms with van der Waals surface area (Å²) in [5.41, 5.74) is 2.59. The van der Waals surface area contributed by atoms with Crippen LogP contribution in [-0.2, 0) is 4.84 Å². The van der Waals surface area contributed by atoms with Crippen molar-refractivity contribution in [2.24, 2.45) is 0 Å². The first kappa shape index (κ1) is 15.3. The molecule has 0 atom stereocenters. The van der Waals surface area contributed by atoms with E-state index in [1.54, 1.807) is 24.3 Å². The number of para-hydroxylation sites is 2. The minimum atomic E-state index is -0.792. The molecule has 0 aromatic heterocycles. The van der Waals surface area contributed by atoms with Gasteiger partial charge in [-0.25, -0.2) is 4.79 Å². The molecule has 1 rings (SSSR count). The zero-order chi connectivity index (χ0) is 13.9. The smallest absolute Gasteiger partial charge is 0.493 e. The summed E-state index contributed by atoms with van der Waals surface area (Å²) in [5, 5.41) is 0. The van der Waals surface area contributed by atoms with E-state index >= 15 is 0 Å². The predicted molar refractivity (Wildman–Crippen MR) is 72.2 cm³/mol. The molecule has 0 bridgehead atoms. The lowest BCUT2D eigenvalue weighted by Crippen LogP contribution is -2.23. The molecule has 0 fully saturated rings. The molecule has 0 aliphatic rings. The number of ether oxygens (including phenoxy) is 2. The van der Waals surface area contributed by atoms with E-state index in [4.69, 9.17) is 14.3 Å². The highest BCUT2D eigenvalue weighted by molar-refractivity contribution is 5.64. The topological polar surface area (TPSA) is 56.8 Å². The molecule has 0 aliphatic carbocycles. The maximum absolute atomic E-state index is 11.4. The Bertz CT molecular complexity index is 381. The number of methoxy groups -OCH3 is 1. The van der Waals surface area contributed by atoms with Crippen LogP contribution in [0, 0.1) is 0 Å². The van der Waals surface area contributed by atoms with Crippen LogP contribution in [0.2, 0.25) is 0 Å².